The Bertz CT molecular complexity index is 1700. The lowest BCUT2D eigenvalue weighted by Crippen LogP contribution is -2.55. The van der Waals surface area contributed by atoms with Crippen LogP contribution in [0.5, 0.6) is 0 Å². The predicted molar refractivity (Wildman–Crippen MR) is 173 cm³/mol. The van der Waals surface area contributed by atoms with Crippen LogP contribution < -0.4 is 9.62 Å². The summed E-state index contributed by atoms with van der Waals surface area (Å²) in [5.41, 5.74) is 1.63. The number of para-hydroxylation sites is 1. The van der Waals surface area contributed by atoms with E-state index in [1.807, 2.05) is 30.3 Å². The number of hydrogen-bond donors (Lipinski definition) is 1. The molecular formula is C36H37F2N3O4S. The molecule has 4 aromatic rings. The van der Waals surface area contributed by atoms with E-state index in [0.717, 1.165) is 66.2 Å². The third-order valence-electron chi connectivity index (χ3n) is 8.21. The molecular weight excluding hydrogens is 608 g/mol. The molecule has 7 nitrogen and oxygen atoms in total. The van der Waals surface area contributed by atoms with Crippen molar-refractivity contribution in [1.82, 2.24) is 10.2 Å². The second kappa shape index (κ2) is 15.1. The van der Waals surface area contributed by atoms with E-state index in [1.54, 1.807) is 42.5 Å². The number of carbonyl (C=O) groups excluding carboxylic acids is 2. The maximum Gasteiger partial charge on any atom is 0.264 e. The van der Waals surface area contributed by atoms with Crippen LogP contribution >= 0.6 is 0 Å². The van der Waals surface area contributed by atoms with Crippen molar-refractivity contribution in [1.29, 1.82) is 0 Å². The predicted octanol–water partition coefficient (Wildman–Crippen LogP) is 6.25. The minimum atomic E-state index is -4.34. The Morgan fingerprint density at radius 3 is 1.91 bits per heavy atom. The number of hydrogen-bond acceptors (Lipinski definition) is 4. The van der Waals surface area contributed by atoms with Gasteiger partial charge in [0.05, 0.1) is 10.6 Å². The Morgan fingerprint density at radius 2 is 1.30 bits per heavy atom. The average molecular weight is 646 g/mol. The quantitative estimate of drug-likeness (QED) is 0.197. The van der Waals surface area contributed by atoms with E-state index in [4.69, 9.17) is 0 Å². The van der Waals surface area contributed by atoms with Gasteiger partial charge in [-0.2, -0.15) is 0 Å². The highest BCUT2D eigenvalue weighted by molar-refractivity contribution is 7.92. The first kappa shape index (κ1) is 32.8. The van der Waals surface area contributed by atoms with E-state index in [9.17, 15) is 26.8 Å². The lowest BCUT2D eigenvalue weighted by molar-refractivity contribution is -0.140. The van der Waals surface area contributed by atoms with Crippen LogP contribution in [0, 0.1) is 11.6 Å². The van der Waals surface area contributed by atoms with Gasteiger partial charge in [0.2, 0.25) is 11.8 Å². The summed E-state index contributed by atoms with van der Waals surface area (Å²) in [6, 6.07) is 26.5. The van der Waals surface area contributed by atoms with Crippen molar-refractivity contribution >= 4 is 27.5 Å². The van der Waals surface area contributed by atoms with E-state index >= 15 is 0 Å². The maximum atomic E-state index is 14.5. The molecule has 10 heteroatoms. The minimum Gasteiger partial charge on any atom is -0.352 e. The molecule has 5 rings (SSSR count). The topological polar surface area (TPSA) is 86.8 Å². The van der Waals surface area contributed by atoms with E-state index in [2.05, 4.69) is 5.32 Å². The molecule has 4 aromatic carbocycles. The van der Waals surface area contributed by atoms with Gasteiger partial charge in [0.15, 0.2) is 0 Å². The normalized spacial score (nSPS) is 14.3. The van der Waals surface area contributed by atoms with Crippen molar-refractivity contribution in [2.75, 3.05) is 10.8 Å². The van der Waals surface area contributed by atoms with Crippen LogP contribution in [0.25, 0.3) is 0 Å². The Labute approximate surface area is 268 Å². The highest BCUT2D eigenvalue weighted by Gasteiger charge is 2.35. The van der Waals surface area contributed by atoms with Crippen molar-refractivity contribution in [3.63, 3.8) is 0 Å². The molecule has 1 aliphatic rings. The van der Waals surface area contributed by atoms with Crippen molar-refractivity contribution in [3.8, 4) is 0 Å². The van der Waals surface area contributed by atoms with Crippen molar-refractivity contribution in [2.45, 2.75) is 62.0 Å². The van der Waals surface area contributed by atoms with Gasteiger partial charge >= 0.3 is 0 Å². The average Bonchev–Trinajstić information content (AvgIpc) is 3.07. The van der Waals surface area contributed by atoms with Gasteiger partial charge in [-0.3, -0.25) is 13.9 Å². The molecule has 1 unspecified atom stereocenters. The summed E-state index contributed by atoms with van der Waals surface area (Å²) in [7, 11) is -4.34. The molecule has 0 bridgehead atoms. The monoisotopic (exact) mass is 645 g/mol. The van der Waals surface area contributed by atoms with Crippen molar-refractivity contribution in [2.24, 2.45) is 0 Å². The number of halogens is 2. The van der Waals surface area contributed by atoms with Gasteiger partial charge in [0, 0.05) is 19.0 Å². The first-order valence-electron chi connectivity index (χ1n) is 15.4. The number of amides is 2. The molecule has 0 saturated heterocycles. The molecule has 0 aliphatic heterocycles. The van der Waals surface area contributed by atoms with Crippen molar-refractivity contribution < 1.29 is 26.8 Å². The molecule has 1 N–H and O–H groups in total. The second-order valence-corrected chi connectivity index (χ2v) is 13.4. The zero-order valence-corrected chi connectivity index (χ0v) is 26.2. The Hall–Kier alpha value is -4.57. The van der Waals surface area contributed by atoms with Gasteiger partial charge in [0.25, 0.3) is 10.0 Å². The molecule has 2 amide bonds. The summed E-state index contributed by atoms with van der Waals surface area (Å²) >= 11 is 0. The Morgan fingerprint density at radius 1 is 0.739 bits per heavy atom. The Balaban J connectivity index is 1.54. The van der Waals surface area contributed by atoms with Crippen LogP contribution in [0.15, 0.2) is 114 Å². The van der Waals surface area contributed by atoms with E-state index < -0.39 is 40.2 Å². The number of nitrogens with zero attached hydrogens (tertiary/aromatic N) is 2. The SMILES string of the molecule is O=C(NC1CCCCC1)C(Cc1ccccc1)N(Cc1ccc(F)cc1)C(=O)CN(c1ccccc1)S(=O)(=O)c1ccc(F)cc1. The van der Waals surface area contributed by atoms with E-state index in [0.29, 0.717) is 5.56 Å². The summed E-state index contributed by atoms with van der Waals surface area (Å²) < 4.78 is 56.5. The summed E-state index contributed by atoms with van der Waals surface area (Å²) in [6.07, 6.45) is 4.97. The van der Waals surface area contributed by atoms with E-state index in [-0.39, 0.29) is 35.5 Å². The molecule has 240 valence electrons. The van der Waals surface area contributed by atoms with Crippen LogP contribution in [0.4, 0.5) is 14.5 Å². The third kappa shape index (κ3) is 8.37. The fraction of sp³-hybridized carbons (Fsp3) is 0.278. The minimum absolute atomic E-state index is 0.0260. The maximum absolute atomic E-state index is 14.5. The van der Waals surface area contributed by atoms with Gasteiger partial charge in [-0.25, -0.2) is 17.2 Å². The summed E-state index contributed by atoms with van der Waals surface area (Å²) in [5.74, 6) is -2.00. The van der Waals surface area contributed by atoms with E-state index in [1.165, 1.54) is 17.0 Å². The van der Waals surface area contributed by atoms with Crippen LogP contribution in [0.2, 0.25) is 0 Å². The van der Waals surface area contributed by atoms with Gasteiger partial charge < -0.3 is 10.2 Å². The molecule has 1 atom stereocenters. The molecule has 0 radical (unpaired) electrons. The van der Waals surface area contributed by atoms with Gasteiger partial charge in [-0.05, 0) is 72.5 Å². The molecule has 0 spiro atoms. The molecule has 1 aliphatic carbocycles. The number of rotatable bonds is 12. The first-order valence-corrected chi connectivity index (χ1v) is 16.9. The number of carbonyl (C=O) groups is 2. The number of benzene rings is 4. The van der Waals surface area contributed by atoms with Crippen LogP contribution in [0.1, 0.15) is 43.2 Å². The Kier molecular flexibility index (Phi) is 10.8. The highest BCUT2D eigenvalue weighted by atomic mass is 32.2. The molecule has 46 heavy (non-hydrogen) atoms. The smallest absolute Gasteiger partial charge is 0.264 e. The number of anilines is 1. The van der Waals surface area contributed by atoms with Gasteiger partial charge in [-0.15, -0.1) is 0 Å². The fourth-order valence-corrected chi connectivity index (χ4v) is 7.16. The molecule has 0 aromatic heterocycles. The lowest BCUT2D eigenvalue weighted by Gasteiger charge is -2.35. The number of nitrogens with one attached hydrogen (secondary N) is 1. The lowest BCUT2D eigenvalue weighted by atomic mass is 9.94. The van der Waals surface area contributed by atoms with Crippen LogP contribution in [-0.4, -0.2) is 43.8 Å². The standard InChI is InChI=1S/C36H37F2N3O4S/c37-29-18-16-28(17-19-29)25-40(34(24-27-10-4-1-5-11-27)36(43)39-31-12-6-2-7-13-31)35(42)26-41(32-14-8-3-9-15-32)46(44,45)33-22-20-30(38)21-23-33/h1,3-5,8-11,14-23,31,34H,2,6-7,12-13,24-26H2,(H,39,43). The molecule has 1 saturated carbocycles. The second-order valence-electron chi connectivity index (χ2n) is 11.5. The number of sulfonamides is 1. The van der Waals surface area contributed by atoms with Gasteiger partial charge in [0.1, 0.15) is 24.2 Å². The summed E-state index contributed by atoms with van der Waals surface area (Å²) in [4.78, 5) is 29.7. The summed E-state index contributed by atoms with van der Waals surface area (Å²) in [6.45, 7) is -0.694. The van der Waals surface area contributed by atoms with Crippen molar-refractivity contribution in [3.05, 3.63) is 132 Å². The first-order chi connectivity index (χ1) is 22.2. The van der Waals surface area contributed by atoms with Crippen LogP contribution in [0.3, 0.4) is 0 Å². The zero-order valence-electron chi connectivity index (χ0n) is 25.4. The molecule has 1 fully saturated rings. The molecule has 0 heterocycles. The van der Waals surface area contributed by atoms with Crippen LogP contribution in [-0.2, 0) is 32.6 Å². The highest BCUT2D eigenvalue weighted by Crippen LogP contribution is 2.26. The fourth-order valence-electron chi connectivity index (χ4n) is 5.74. The zero-order chi connectivity index (χ0) is 32.5. The summed E-state index contributed by atoms with van der Waals surface area (Å²) in [5, 5.41) is 3.16. The largest absolute Gasteiger partial charge is 0.352 e. The van der Waals surface area contributed by atoms with Gasteiger partial charge in [-0.1, -0.05) is 79.9 Å². The third-order valence-corrected chi connectivity index (χ3v) is 10.0.